The molecular weight excluding hydrogens is 562 g/mol. The first-order chi connectivity index (χ1) is 22.8. The van der Waals surface area contributed by atoms with E-state index in [4.69, 9.17) is 14.4 Å². The van der Waals surface area contributed by atoms with E-state index in [0.29, 0.717) is 11.5 Å². The molecule has 1 aliphatic carbocycles. The highest BCUT2D eigenvalue weighted by Crippen LogP contribution is 2.51. The molecule has 0 spiro atoms. The molecule has 0 atom stereocenters. The predicted octanol–water partition coefficient (Wildman–Crippen LogP) is 11.1. The van der Waals surface area contributed by atoms with Crippen LogP contribution in [0.1, 0.15) is 0 Å². The number of para-hydroxylation sites is 1. The highest BCUT2D eigenvalue weighted by Gasteiger charge is 2.27. The van der Waals surface area contributed by atoms with Gasteiger partial charge < -0.3 is 4.42 Å². The van der Waals surface area contributed by atoms with Gasteiger partial charge in [0.25, 0.3) is 0 Å². The topological polar surface area (TPSA) is 43.9 Å². The van der Waals surface area contributed by atoms with Crippen LogP contribution in [0.3, 0.4) is 0 Å². The number of benzene rings is 7. The highest BCUT2D eigenvalue weighted by molar-refractivity contribution is 6.29. The van der Waals surface area contributed by atoms with Crippen molar-refractivity contribution in [3.05, 3.63) is 140 Å². The standard InChI is InChI=1S/C42H23N3O/c1-2-12-25(13-3-1)37-41-38(31-17-8-9-20-35(31)46-41)44-42(43-37)45-39-26-14-5-4-11-24(26)21-22-30(39)34-23-33-28-16-7-6-15-27(28)29-18-10-19-32(36(29)33)40(34)45/h1-23H. The minimum absolute atomic E-state index is 0.630. The second-order valence-corrected chi connectivity index (χ2v) is 12.1. The second kappa shape index (κ2) is 8.68. The zero-order chi connectivity index (χ0) is 29.9. The first-order valence-electron chi connectivity index (χ1n) is 15.6. The number of hydrogen-bond acceptors (Lipinski definition) is 3. The van der Waals surface area contributed by atoms with Crippen molar-refractivity contribution in [2.45, 2.75) is 0 Å². The molecule has 0 bridgehead atoms. The first kappa shape index (κ1) is 24.1. The summed E-state index contributed by atoms with van der Waals surface area (Å²) in [6.07, 6.45) is 0. The van der Waals surface area contributed by atoms with Gasteiger partial charge in [0.2, 0.25) is 5.95 Å². The molecule has 10 aromatic rings. The van der Waals surface area contributed by atoms with Crippen LogP contribution in [0.15, 0.2) is 144 Å². The number of nitrogens with zero attached hydrogens (tertiary/aromatic N) is 3. The number of furan rings is 1. The Kier molecular flexibility index (Phi) is 4.55. The fourth-order valence-electron chi connectivity index (χ4n) is 7.80. The van der Waals surface area contributed by atoms with Gasteiger partial charge in [0.1, 0.15) is 16.8 Å². The molecule has 3 aromatic heterocycles. The fourth-order valence-corrected chi connectivity index (χ4v) is 7.80. The molecule has 7 aromatic carbocycles. The molecule has 212 valence electrons. The molecule has 46 heavy (non-hydrogen) atoms. The van der Waals surface area contributed by atoms with Gasteiger partial charge in [-0.1, -0.05) is 121 Å². The number of hydrogen-bond donors (Lipinski definition) is 0. The summed E-state index contributed by atoms with van der Waals surface area (Å²) >= 11 is 0. The van der Waals surface area contributed by atoms with Crippen LogP contribution in [-0.2, 0) is 0 Å². The number of fused-ring (bicyclic) bond motifs is 12. The molecular formula is C42H23N3O. The SMILES string of the molecule is c1ccc(-c2nc(-n3c4c5ccccc5ccc4c4cc5c6c(cccc6c43)-c3ccccc3-5)nc3c2oc2ccccc23)cc1. The molecule has 0 saturated carbocycles. The number of aromatic nitrogens is 3. The summed E-state index contributed by atoms with van der Waals surface area (Å²) in [5.41, 5.74) is 11.4. The van der Waals surface area contributed by atoms with E-state index in [2.05, 4.69) is 108 Å². The van der Waals surface area contributed by atoms with Crippen molar-refractivity contribution in [2.24, 2.45) is 0 Å². The van der Waals surface area contributed by atoms with Crippen molar-refractivity contribution in [3.63, 3.8) is 0 Å². The van der Waals surface area contributed by atoms with E-state index < -0.39 is 0 Å². The zero-order valence-corrected chi connectivity index (χ0v) is 24.5. The Labute approximate surface area is 262 Å². The van der Waals surface area contributed by atoms with Gasteiger partial charge in [0, 0.05) is 32.5 Å². The monoisotopic (exact) mass is 585 g/mol. The number of rotatable bonds is 2. The molecule has 0 radical (unpaired) electrons. The maximum Gasteiger partial charge on any atom is 0.236 e. The van der Waals surface area contributed by atoms with Gasteiger partial charge in [-0.2, -0.15) is 0 Å². The van der Waals surface area contributed by atoms with Gasteiger partial charge in [0.15, 0.2) is 5.58 Å². The molecule has 0 amide bonds. The molecule has 0 N–H and O–H groups in total. The van der Waals surface area contributed by atoms with E-state index in [0.717, 1.165) is 38.8 Å². The van der Waals surface area contributed by atoms with Gasteiger partial charge in [-0.05, 0) is 51.2 Å². The van der Waals surface area contributed by atoms with Crippen molar-refractivity contribution in [1.29, 1.82) is 0 Å². The minimum Gasteiger partial charge on any atom is -0.452 e. The average Bonchev–Trinajstić information content (AvgIpc) is 3.78. The van der Waals surface area contributed by atoms with Crippen LogP contribution in [-0.4, -0.2) is 14.5 Å². The summed E-state index contributed by atoms with van der Waals surface area (Å²) < 4.78 is 8.78. The molecule has 1 aliphatic rings. The Morgan fingerprint density at radius 2 is 1.17 bits per heavy atom. The largest absolute Gasteiger partial charge is 0.452 e. The lowest BCUT2D eigenvalue weighted by atomic mass is 9.98. The van der Waals surface area contributed by atoms with Gasteiger partial charge in [-0.25, -0.2) is 9.97 Å². The van der Waals surface area contributed by atoms with Gasteiger partial charge >= 0.3 is 0 Å². The highest BCUT2D eigenvalue weighted by atomic mass is 16.3. The van der Waals surface area contributed by atoms with E-state index in [-0.39, 0.29) is 0 Å². The normalized spacial score (nSPS) is 12.3. The van der Waals surface area contributed by atoms with Crippen molar-refractivity contribution in [2.75, 3.05) is 0 Å². The van der Waals surface area contributed by atoms with E-state index in [1.165, 1.54) is 54.6 Å². The summed E-state index contributed by atoms with van der Waals surface area (Å²) in [7, 11) is 0. The van der Waals surface area contributed by atoms with Crippen LogP contribution in [0, 0.1) is 0 Å². The first-order valence-corrected chi connectivity index (χ1v) is 15.6. The molecule has 4 nitrogen and oxygen atoms in total. The van der Waals surface area contributed by atoms with Crippen LogP contribution >= 0.6 is 0 Å². The minimum atomic E-state index is 0.630. The van der Waals surface area contributed by atoms with E-state index >= 15 is 0 Å². The smallest absolute Gasteiger partial charge is 0.236 e. The van der Waals surface area contributed by atoms with Gasteiger partial charge in [-0.3, -0.25) is 4.57 Å². The lowest BCUT2D eigenvalue weighted by Crippen LogP contribution is -2.03. The fraction of sp³-hybridized carbons (Fsp3) is 0. The summed E-state index contributed by atoms with van der Waals surface area (Å²) in [5.74, 6) is 0.630. The van der Waals surface area contributed by atoms with Crippen molar-refractivity contribution >= 4 is 65.4 Å². The zero-order valence-electron chi connectivity index (χ0n) is 24.5. The molecule has 11 rings (SSSR count). The lowest BCUT2D eigenvalue weighted by molar-refractivity contribution is 0.666. The molecule has 0 aliphatic heterocycles. The van der Waals surface area contributed by atoms with Crippen LogP contribution in [0.2, 0.25) is 0 Å². The van der Waals surface area contributed by atoms with Crippen LogP contribution in [0.25, 0.3) is 105 Å². The molecule has 0 unspecified atom stereocenters. The Hall–Kier alpha value is -6.26. The molecule has 0 fully saturated rings. The Morgan fingerprint density at radius 3 is 2.07 bits per heavy atom. The lowest BCUT2D eigenvalue weighted by Gasteiger charge is -2.12. The summed E-state index contributed by atoms with van der Waals surface area (Å²) in [6.45, 7) is 0. The summed E-state index contributed by atoms with van der Waals surface area (Å²) in [5, 5.41) is 8.18. The maximum atomic E-state index is 6.47. The Balaban J connectivity index is 1.38. The Morgan fingerprint density at radius 1 is 0.478 bits per heavy atom. The summed E-state index contributed by atoms with van der Waals surface area (Å²) in [6, 6.07) is 49.4. The van der Waals surface area contributed by atoms with Gasteiger partial charge in [0.05, 0.1) is 11.0 Å². The second-order valence-electron chi connectivity index (χ2n) is 12.1. The van der Waals surface area contributed by atoms with Crippen LogP contribution in [0.5, 0.6) is 0 Å². The maximum absolute atomic E-state index is 6.47. The van der Waals surface area contributed by atoms with Crippen molar-refractivity contribution < 1.29 is 4.42 Å². The summed E-state index contributed by atoms with van der Waals surface area (Å²) in [4.78, 5) is 10.7. The quantitative estimate of drug-likeness (QED) is 0.203. The predicted molar refractivity (Wildman–Crippen MR) is 189 cm³/mol. The van der Waals surface area contributed by atoms with E-state index in [1.54, 1.807) is 0 Å². The van der Waals surface area contributed by atoms with Crippen molar-refractivity contribution in [3.8, 4) is 39.5 Å². The average molecular weight is 586 g/mol. The van der Waals surface area contributed by atoms with E-state index in [9.17, 15) is 0 Å². The van der Waals surface area contributed by atoms with Gasteiger partial charge in [-0.15, -0.1) is 0 Å². The molecule has 3 heterocycles. The van der Waals surface area contributed by atoms with E-state index in [1.807, 2.05) is 36.4 Å². The third kappa shape index (κ3) is 3.03. The third-order valence-electron chi connectivity index (χ3n) is 9.73. The van der Waals surface area contributed by atoms with Crippen molar-refractivity contribution in [1.82, 2.24) is 14.5 Å². The van der Waals surface area contributed by atoms with Crippen LogP contribution < -0.4 is 0 Å². The molecule has 0 saturated heterocycles. The molecule has 4 heteroatoms. The Bertz CT molecular complexity index is 2910. The van der Waals surface area contributed by atoms with Crippen LogP contribution in [0.4, 0.5) is 0 Å². The third-order valence-corrected chi connectivity index (χ3v) is 9.73.